The van der Waals surface area contributed by atoms with E-state index in [1.807, 2.05) is 6.92 Å². The SMILES string of the molecule is CC(O[SiH3])OCC1CCCCC1. The minimum Gasteiger partial charge on any atom is -0.404 e. The molecule has 1 aliphatic rings. The molecule has 3 heteroatoms. The van der Waals surface area contributed by atoms with Crippen molar-refractivity contribution < 1.29 is 9.16 Å². The highest BCUT2D eigenvalue weighted by Crippen LogP contribution is 2.23. The van der Waals surface area contributed by atoms with Gasteiger partial charge >= 0.3 is 0 Å². The molecular weight excluding hydrogens is 168 g/mol. The van der Waals surface area contributed by atoms with Crippen molar-refractivity contribution in [1.29, 1.82) is 0 Å². The topological polar surface area (TPSA) is 18.5 Å². The summed E-state index contributed by atoms with van der Waals surface area (Å²) in [6.07, 6.45) is 6.94. The van der Waals surface area contributed by atoms with E-state index in [0.29, 0.717) is 0 Å². The molecule has 0 heterocycles. The third kappa shape index (κ3) is 3.69. The Hall–Kier alpha value is 0.137. The highest BCUT2D eigenvalue weighted by Gasteiger charge is 2.14. The number of rotatable bonds is 4. The van der Waals surface area contributed by atoms with Crippen LogP contribution in [0.1, 0.15) is 39.0 Å². The van der Waals surface area contributed by atoms with E-state index in [-0.39, 0.29) is 6.29 Å². The summed E-state index contributed by atoms with van der Waals surface area (Å²) in [6.45, 7) is 2.89. The van der Waals surface area contributed by atoms with E-state index in [2.05, 4.69) is 0 Å². The van der Waals surface area contributed by atoms with Gasteiger partial charge in [-0.1, -0.05) is 19.3 Å². The van der Waals surface area contributed by atoms with Crippen LogP contribution in [0, 0.1) is 5.92 Å². The Morgan fingerprint density at radius 1 is 1.33 bits per heavy atom. The average molecular weight is 188 g/mol. The number of hydrogen-bond acceptors (Lipinski definition) is 2. The summed E-state index contributed by atoms with van der Waals surface area (Å²) in [5.41, 5.74) is 0. The van der Waals surface area contributed by atoms with E-state index in [0.717, 1.165) is 23.0 Å². The van der Waals surface area contributed by atoms with Crippen molar-refractivity contribution >= 4 is 10.5 Å². The molecule has 0 aliphatic heterocycles. The average Bonchev–Trinajstić information content (AvgIpc) is 2.16. The summed E-state index contributed by atoms with van der Waals surface area (Å²) in [7, 11) is 0.776. The van der Waals surface area contributed by atoms with Gasteiger partial charge in [0.1, 0.15) is 16.8 Å². The fourth-order valence-corrected chi connectivity index (χ4v) is 1.83. The summed E-state index contributed by atoms with van der Waals surface area (Å²) in [5, 5.41) is 0. The van der Waals surface area contributed by atoms with Crippen LogP contribution in [0.25, 0.3) is 0 Å². The quantitative estimate of drug-likeness (QED) is 0.488. The fraction of sp³-hybridized carbons (Fsp3) is 1.00. The van der Waals surface area contributed by atoms with Crippen LogP contribution in [0.15, 0.2) is 0 Å². The van der Waals surface area contributed by atoms with Crippen LogP contribution in [-0.4, -0.2) is 23.4 Å². The summed E-state index contributed by atoms with van der Waals surface area (Å²) < 4.78 is 10.7. The molecule has 0 N–H and O–H groups in total. The molecule has 0 aromatic rings. The maximum Gasteiger partial charge on any atom is 0.149 e. The summed E-state index contributed by atoms with van der Waals surface area (Å²) in [5.74, 6) is 0.804. The van der Waals surface area contributed by atoms with Gasteiger partial charge < -0.3 is 9.16 Å². The second kappa shape index (κ2) is 5.73. The monoisotopic (exact) mass is 188 g/mol. The third-order valence-electron chi connectivity index (χ3n) is 2.62. The first kappa shape index (κ1) is 10.2. The van der Waals surface area contributed by atoms with Gasteiger partial charge in [0.2, 0.25) is 0 Å². The molecule has 72 valence electrons. The highest BCUT2D eigenvalue weighted by atomic mass is 28.2. The van der Waals surface area contributed by atoms with Gasteiger partial charge in [-0.15, -0.1) is 0 Å². The van der Waals surface area contributed by atoms with Crippen LogP contribution >= 0.6 is 0 Å². The lowest BCUT2D eigenvalue weighted by molar-refractivity contribution is -0.0788. The van der Waals surface area contributed by atoms with Crippen molar-refractivity contribution in [2.24, 2.45) is 5.92 Å². The summed E-state index contributed by atoms with van der Waals surface area (Å²) >= 11 is 0. The molecule has 1 rings (SSSR count). The molecule has 0 aromatic heterocycles. The second-order valence-electron chi connectivity index (χ2n) is 3.64. The van der Waals surface area contributed by atoms with Gasteiger partial charge in [-0.2, -0.15) is 0 Å². The molecule has 2 nitrogen and oxygen atoms in total. The molecule has 0 radical (unpaired) electrons. The molecule has 1 aliphatic carbocycles. The molecule has 0 bridgehead atoms. The lowest BCUT2D eigenvalue weighted by Gasteiger charge is -2.22. The van der Waals surface area contributed by atoms with E-state index in [1.165, 1.54) is 32.1 Å². The van der Waals surface area contributed by atoms with Crippen LogP contribution < -0.4 is 0 Å². The normalized spacial score (nSPS) is 22.8. The first-order valence-electron chi connectivity index (χ1n) is 4.97. The molecule has 1 saturated carbocycles. The van der Waals surface area contributed by atoms with Crippen LogP contribution in [-0.2, 0) is 9.16 Å². The molecule has 1 fully saturated rings. The molecule has 1 unspecified atom stereocenters. The van der Waals surface area contributed by atoms with E-state index < -0.39 is 0 Å². The minimum atomic E-state index is 0.0265. The Morgan fingerprint density at radius 2 is 2.00 bits per heavy atom. The smallest absolute Gasteiger partial charge is 0.149 e. The zero-order chi connectivity index (χ0) is 8.81. The van der Waals surface area contributed by atoms with Crippen LogP contribution in [0.2, 0.25) is 0 Å². The second-order valence-corrected chi connectivity index (χ2v) is 4.11. The van der Waals surface area contributed by atoms with Crippen LogP contribution in [0.3, 0.4) is 0 Å². The van der Waals surface area contributed by atoms with E-state index in [9.17, 15) is 0 Å². The molecular formula is C9H20O2Si. The van der Waals surface area contributed by atoms with Crippen molar-refractivity contribution in [1.82, 2.24) is 0 Å². The van der Waals surface area contributed by atoms with Crippen LogP contribution in [0.5, 0.6) is 0 Å². The molecule has 1 atom stereocenters. The first-order valence-corrected chi connectivity index (χ1v) is 5.79. The standard InChI is InChI=1S/C9H20O2Si/c1-8(11-12)10-7-9-5-3-2-4-6-9/h8-9H,2-7H2,1,12H3. The molecule has 0 aromatic carbocycles. The van der Waals surface area contributed by atoms with Crippen molar-refractivity contribution in [3.63, 3.8) is 0 Å². The van der Waals surface area contributed by atoms with Crippen molar-refractivity contribution in [2.75, 3.05) is 6.61 Å². The number of ether oxygens (including phenoxy) is 1. The number of hydrogen-bond donors (Lipinski definition) is 0. The van der Waals surface area contributed by atoms with E-state index in [1.54, 1.807) is 0 Å². The van der Waals surface area contributed by atoms with Gasteiger partial charge in [-0.25, -0.2) is 0 Å². The fourth-order valence-electron chi connectivity index (χ4n) is 1.69. The minimum absolute atomic E-state index is 0.0265. The third-order valence-corrected chi connectivity index (χ3v) is 3.29. The van der Waals surface area contributed by atoms with Gasteiger partial charge in [0, 0.05) is 0 Å². The van der Waals surface area contributed by atoms with Gasteiger partial charge in [-0.05, 0) is 25.7 Å². The maximum atomic E-state index is 5.54. The highest BCUT2D eigenvalue weighted by molar-refractivity contribution is 5.98. The maximum absolute atomic E-state index is 5.54. The Bertz CT molecular complexity index is 113. The Balaban J connectivity index is 2.05. The molecule has 0 saturated heterocycles. The Morgan fingerprint density at radius 3 is 2.58 bits per heavy atom. The summed E-state index contributed by atoms with van der Waals surface area (Å²) in [4.78, 5) is 0. The lowest BCUT2D eigenvalue weighted by atomic mass is 9.90. The van der Waals surface area contributed by atoms with Crippen molar-refractivity contribution in [3.8, 4) is 0 Å². The molecule has 0 amide bonds. The van der Waals surface area contributed by atoms with Crippen LogP contribution in [0.4, 0.5) is 0 Å². The van der Waals surface area contributed by atoms with Gasteiger partial charge in [0.15, 0.2) is 0 Å². The zero-order valence-corrected chi connectivity index (χ0v) is 10.2. The molecule has 0 spiro atoms. The Kier molecular flexibility index (Phi) is 4.88. The predicted molar refractivity (Wildman–Crippen MR) is 53.0 cm³/mol. The first-order chi connectivity index (χ1) is 5.83. The zero-order valence-electron chi connectivity index (χ0n) is 8.21. The Labute approximate surface area is 78.2 Å². The largest absolute Gasteiger partial charge is 0.404 e. The molecule has 12 heavy (non-hydrogen) atoms. The van der Waals surface area contributed by atoms with E-state index >= 15 is 0 Å². The van der Waals surface area contributed by atoms with Crippen molar-refractivity contribution in [3.05, 3.63) is 0 Å². The summed E-state index contributed by atoms with van der Waals surface area (Å²) in [6, 6.07) is 0. The van der Waals surface area contributed by atoms with Crippen molar-refractivity contribution in [2.45, 2.75) is 45.3 Å². The van der Waals surface area contributed by atoms with Gasteiger partial charge in [-0.3, -0.25) is 0 Å². The lowest BCUT2D eigenvalue weighted by Crippen LogP contribution is -2.19. The van der Waals surface area contributed by atoms with E-state index in [4.69, 9.17) is 9.16 Å². The predicted octanol–water partition coefficient (Wildman–Crippen LogP) is 1.23. The van der Waals surface area contributed by atoms with Gasteiger partial charge in [0.25, 0.3) is 0 Å². The van der Waals surface area contributed by atoms with Gasteiger partial charge in [0.05, 0.1) is 6.61 Å².